The summed E-state index contributed by atoms with van der Waals surface area (Å²) in [4.78, 5) is 0. The molecule has 1 aromatic heterocycles. The Morgan fingerprint density at radius 3 is 2.16 bits per heavy atom. The molecular weight excluding hydrogens is 250 g/mol. The van der Waals surface area contributed by atoms with E-state index in [0.29, 0.717) is 11.8 Å². The Labute approximate surface area is 120 Å². The van der Waals surface area contributed by atoms with Gasteiger partial charge in [-0.25, -0.2) is 0 Å². The van der Waals surface area contributed by atoms with Crippen LogP contribution in [0.4, 0.5) is 0 Å². The molecular formula is C17H23NS. The van der Waals surface area contributed by atoms with Gasteiger partial charge in [-0.05, 0) is 50.9 Å². The van der Waals surface area contributed by atoms with Crippen LogP contribution in [0.1, 0.15) is 67.8 Å². The third kappa shape index (κ3) is 3.07. The van der Waals surface area contributed by atoms with Crippen LogP contribution in [0.5, 0.6) is 0 Å². The zero-order valence-electron chi connectivity index (χ0n) is 12.2. The van der Waals surface area contributed by atoms with E-state index in [9.17, 15) is 0 Å². The minimum Gasteiger partial charge on any atom is -0.320 e. The van der Waals surface area contributed by atoms with Crippen LogP contribution in [0.25, 0.3) is 0 Å². The highest BCUT2D eigenvalue weighted by Gasteiger charge is 2.16. The van der Waals surface area contributed by atoms with E-state index in [-0.39, 0.29) is 6.04 Å². The summed E-state index contributed by atoms with van der Waals surface area (Å²) in [5, 5.41) is 4.23. The van der Waals surface area contributed by atoms with Gasteiger partial charge in [0.25, 0.3) is 0 Å². The molecule has 0 fully saturated rings. The van der Waals surface area contributed by atoms with Crippen molar-refractivity contribution in [2.45, 2.75) is 45.6 Å². The molecule has 19 heavy (non-hydrogen) atoms. The van der Waals surface area contributed by atoms with Crippen molar-refractivity contribution in [3.63, 3.8) is 0 Å². The molecule has 1 aromatic carbocycles. The highest BCUT2D eigenvalue weighted by molar-refractivity contribution is 7.08. The smallest absolute Gasteiger partial charge is 0.0562 e. The average Bonchev–Trinajstić information content (AvgIpc) is 2.90. The fourth-order valence-corrected chi connectivity index (χ4v) is 3.06. The zero-order chi connectivity index (χ0) is 14.0. The number of benzene rings is 1. The van der Waals surface area contributed by atoms with Gasteiger partial charge in [0, 0.05) is 0 Å². The molecule has 1 atom stereocenters. The molecule has 0 spiro atoms. The van der Waals surface area contributed by atoms with Crippen molar-refractivity contribution in [1.29, 1.82) is 0 Å². The van der Waals surface area contributed by atoms with E-state index in [1.54, 1.807) is 11.3 Å². The lowest BCUT2D eigenvalue weighted by molar-refractivity contribution is 0.783. The van der Waals surface area contributed by atoms with Gasteiger partial charge >= 0.3 is 0 Å². The number of hydrogen-bond donors (Lipinski definition) is 1. The molecule has 0 aliphatic rings. The van der Waals surface area contributed by atoms with E-state index in [1.165, 1.54) is 22.3 Å². The van der Waals surface area contributed by atoms with Gasteiger partial charge in [0.15, 0.2) is 0 Å². The maximum absolute atomic E-state index is 6.43. The summed E-state index contributed by atoms with van der Waals surface area (Å²) in [5.41, 5.74) is 11.7. The molecule has 0 radical (unpaired) electrons. The number of nitrogens with two attached hydrogens (primary N) is 1. The molecule has 2 rings (SSSR count). The second-order valence-electron chi connectivity index (χ2n) is 5.73. The fraction of sp³-hybridized carbons (Fsp3) is 0.412. The van der Waals surface area contributed by atoms with E-state index in [0.717, 1.165) is 0 Å². The first-order chi connectivity index (χ1) is 9.00. The number of hydrogen-bond acceptors (Lipinski definition) is 2. The molecule has 0 saturated heterocycles. The maximum Gasteiger partial charge on any atom is 0.0562 e. The van der Waals surface area contributed by atoms with Crippen LogP contribution in [0.15, 0.2) is 35.0 Å². The summed E-state index contributed by atoms with van der Waals surface area (Å²) in [6, 6.07) is 8.88. The minimum absolute atomic E-state index is 0.00939. The fourth-order valence-electron chi connectivity index (χ4n) is 2.37. The molecule has 0 aliphatic heterocycles. The lowest BCUT2D eigenvalue weighted by atomic mass is 9.87. The van der Waals surface area contributed by atoms with Crippen molar-refractivity contribution in [3.8, 4) is 0 Å². The normalized spacial score (nSPS) is 13.2. The lowest BCUT2D eigenvalue weighted by Gasteiger charge is -2.20. The molecule has 1 nitrogen and oxygen atoms in total. The molecule has 2 N–H and O–H groups in total. The van der Waals surface area contributed by atoms with E-state index >= 15 is 0 Å². The Bertz CT molecular complexity index is 526. The quantitative estimate of drug-likeness (QED) is 0.829. The van der Waals surface area contributed by atoms with Crippen LogP contribution in [0, 0.1) is 0 Å². The third-order valence-corrected chi connectivity index (χ3v) is 4.34. The standard InChI is InChI=1S/C17H23NS/c1-11(2)13-5-6-15(16(9-13)12(3)4)17(18)14-7-8-19-10-14/h5-12,17H,18H2,1-4H3. The van der Waals surface area contributed by atoms with Crippen molar-refractivity contribution < 1.29 is 0 Å². The molecule has 102 valence electrons. The van der Waals surface area contributed by atoms with Crippen molar-refractivity contribution >= 4 is 11.3 Å². The van der Waals surface area contributed by atoms with Crippen LogP contribution < -0.4 is 5.73 Å². The second-order valence-corrected chi connectivity index (χ2v) is 6.51. The molecule has 2 aromatic rings. The monoisotopic (exact) mass is 273 g/mol. The van der Waals surface area contributed by atoms with Crippen molar-refractivity contribution in [3.05, 3.63) is 57.3 Å². The number of rotatable bonds is 4. The SMILES string of the molecule is CC(C)c1ccc(C(N)c2ccsc2)c(C(C)C)c1. The van der Waals surface area contributed by atoms with E-state index in [1.807, 2.05) is 0 Å². The zero-order valence-corrected chi connectivity index (χ0v) is 13.0. The predicted octanol–water partition coefficient (Wildman–Crippen LogP) is 5.04. The van der Waals surface area contributed by atoms with E-state index < -0.39 is 0 Å². The Morgan fingerprint density at radius 2 is 1.63 bits per heavy atom. The summed E-state index contributed by atoms with van der Waals surface area (Å²) in [6.07, 6.45) is 0. The largest absolute Gasteiger partial charge is 0.320 e. The Kier molecular flexibility index (Phi) is 4.43. The first-order valence-corrected chi connectivity index (χ1v) is 7.86. The van der Waals surface area contributed by atoms with Crippen LogP contribution in [-0.2, 0) is 0 Å². The third-order valence-electron chi connectivity index (χ3n) is 3.64. The van der Waals surface area contributed by atoms with Gasteiger partial charge in [-0.2, -0.15) is 11.3 Å². The molecule has 1 heterocycles. The summed E-state index contributed by atoms with van der Waals surface area (Å²) in [7, 11) is 0. The molecule has 0 bridgehead atoms. The van der Waals surface area contributed by atoms with Gasteiger partial charge in [0.05, 0.1) is 6.04 Å². The van der Waals surface area contributed by atoms with Crippen LogP contribution in [0.2, 0.25) is 0 Å². The molecule has 0 aliphatic carbocycles. The van der Waals surface area contributed by atoms with Gasteiger partial charge in [0.1, 0.15) is 0 Å². The minimum atomic E-state index is -0.00939. The first kappa shape index (κ1) is 14.3. The summed E-state index contributed by atoms with van der Waals surface area (Å²) in [6.45, 7) is 8.95. The summed E-state index contributed by atoms with van der Waals surface area (Å²) >= 11 is 1.70. The molecule has 1 unspecified atom stereocenters. The Hall–Kier alpha value is -1.12. The second kappa shape index (κ2) is 5.89. The van der Waals surface area contributed by atoms with Gasteiger partial charge in [-0.1, -0.05) is 45.9 Å². The Morgan fingerprint density at radius 1 is 0.895 bits per heavy atom. The number of thiophene rings is 1. The van der Waals surface area contributed by atoms with Gasteiger partial charge < -0.3 is 5.73 Å². The first-order valence-electron chi connectivity index (χ1n) is 6.92. The molecule has 0 saturated carbocycles. The van der Waals surface area contributed by atoms with Crippen molar-refractivity contribution in [2.75, 3.05) is 0 Å². The summed E-state index contributed by atoms with van der Waals surface area (Å²) < 4.78 is 0. The predicted molar refractivity (Wildman–Crippen MR) is 85.0 cm³/mol. The molecule has 0 amide bonds. The van der Waals surface area contributed by atoms with Crippen LogP contribution >= 0.6 is 11.3 Å². The highest BCUT2D eigenvalue weighted by Crippen LogP contribution is 2.31. The van der Waals surface area contributed by atoms with Gasteiger partial charge in [-0.15, -0.1) is 0 Å². The van der Waals surface area contributed by atoms with E-state index in [4.69, 9.17) is 5.73 Å². The van der Waals surface area contributed by atoms with Crippen molar-refractivity contribution in [1.82, 2.24) is 0 Å². The maximum atomic E-state index is 6.43. The molecule has 2 heteroatoms. The highest BCUT2D eigenvalue weighted by atomic mass is 32.1. The van der Waals surface area contributed by atoms with Crippen molar-refractivity contribution in [2.24, 2.45) is 5.73 Å². The van der Waals surface area contributed by atoms with Crippen LogP contribution in [-0.4, -0.2) is 0 Å². The van der Waals surface area contributed by atoms with E-state index in [2.05, 4.69) is 62.7 Å². The lowest BCUT2D eigenvalue weighted by Crippen LogP contribution is -2.14. The topological polar surface area (TPSA) is 26.0 Å². The summed E-state index contributed by atoms with van der Waals surface area (Å²) in [5.74, 6) is 1.06. The Balaban J connectivity index is 2.45. The average molecular weight is 273 g/mol. The van der Waals surface area contributed by atoms with Gasteiger partial charge in [-0.3, -0.25) is 0 Å². The van der Waals surface area contributed by atoms with Crippen LogP contribution in [0.3, 0.4) is 0 Å². The van der Waals surface area contributed by atoms with Gasteiger partial charge in [0.2, 0.25) is 0 Å².